The molecule has 0 spiro atoms. The fourth-order valence-corrected chi connectivity index (χ4v) is 6.75. The van der Waals surface area contributed by atoms with Gasteiger partial charge in [0.25, 0.3) is 0 Å². The zero-order valence-corrected chi connectivity index (χ0v) is 33.2. The largest absolute Gasteiger partial charge is 0.394 e. The topological polar surface area (TPSA) is 307 Å². The predicted molar refractivity (Wildman–Crippen MR) is 203 cm³/mol. The molecule has 19 nitrogen and oxygen atoms in total. The maximum absolute atomic E-state index is 12.8. The molecule has 0 aliphatic carbocycles. The van der Waals surface area contributed by atoms with Crippen LogP contribution in [-0.4, -0.2) is 193 Å². The number of carbonyl (C=O) groups excluding carboxylic acids is 1. The van der Waals surface area contributed by atoms with Crippen LogP contribution in [-0.2, 0) is 33.2 Å². The van der Waals surface area contributed by atoms with Crippen molar-refractivity contribution in [3.63, 3.8) is 0 Å². The zero-order valence-electron chi connectivity index (χ0n) is 33.2. The van der Waals surface area contributed by atoms with E-state index in [1.807, 2.05) is 19.1 Å². The van der Waals surface area contributed by atoms with Crippen molar-refractivity contribution in [2.45, 2.75) is 176 Å². The van der Waals surface area contributed by atoms with Gasteiger partial charge in [-0.05, 0) is 39.0 Å². The van der Waals surface area contributed by atoms with E-state index in [1.54, 1.807) is 6.08 Å². The second-order valence-electron chi connectivity index (χ2n) is 14.7. The minimum absolute atomic E-state index is 0.222. The molecule has 3 saturated heterocycles. The van der Waals surface area contributed by atoms with Crippen molar-refractivity contribution >= 4 is 5.91 Å². The van der Waals surface area contributed by atoms with Crippen LogP contribution >= 0.6 is 0 Å². The molecule has 0 aromatic heterocycles. The standard InChI is InChI=1S/C39H67NO18/c1-3-5-7-9-10-11-12-13-14-16-23(44)22(40-27(45)17-15-8-6-4-2)21-53-37-33(51)30(48)35(25(19-42)55-37)58-39-34(52)31(49)36(26(20-43)56-39)57-38-32(50)29(47)28(46)24(18-41)54-38/h3,5,10-11,14,16,22-26,28-39,41-44,46-52H,4,6-9,12-13,15,17-21H2,1-2H3,(H,40,45)/b5-3+,11-10+,16-14+. The summed E-state index contributed by atoms with van der Waals surface area (Å²) in [5.74, 6) is -0.316. The van der Waals surface area contributed by atoms with Crippen molar-refractivity contribution in [3.05, 3.63) is 36.5 Å². The van der Waals surface area contributed by atoms with E-state index in [0.717, 1.165) is 38.5 Å². The average Bonchev–Trinajstić information content (AvgIpc) is 3.22. The highest BCUT2D eigenvalue weighted by molar-refractivity contribution is 5.76. The van der Waals surface area contributed by atoms with Gasteiger partial charge in [-0.15, -0.1) is 0 Å². The van der Waals surface area contributed by atoms with Crippen LogP contribution in [0.25, 0.3) is 0 Å². The van der Waals surface area contributed by atoms with Gasteiger partial charge in [-0.25, -0.2) is 0 Å². The first kappa shape index (κ1) is 50.4. The van der Waals surface area contributed by atoms with Crippen LogP contribution in [0, 0.1) is 0 Å². The van der Waals surface area contributed by atoms with Crippen LogP contribution in [0.4, 0.5) is 0 Å². The molecule has 1 amide bonds. The van der Waals surface area contributed by atoms with Gasteiger partial charge in [0.05, 0.1) is 38.6 Å². The van der Waals surface area contributed by atoms with E-state index in [0.29, 0.717) is 12.8 Å². The Bertz CT molecular complexity index is 1240. The number of unbranched alkanes of at least 4 members (excludes halogenated alkanes) is 5. The van der Waals surface area contributed by atoms with Gasteiger partial charge < -0.3 is 89.9 Å². The second kappa shape index (κ2) is 26.4. The molecule has 0 radical (unpaired) electrons. The van der Waals surface area contributed by atoms with E-state index in [4.69, 9.17) is 28.4 Å². The first-order valence-corrected chi connectivity index (χ1v) is 20.2. The number of ether oxygens (including phenoxy) is 6. The minimum Gasteiger partial charge on any atom is -0.394 e. The van der Waals surface area contributed by atoms with E-state index in [9.17, 15) is 61.0 Å². The molecular weight excluding hydrogens is 770 g/mol. The summed E-state index contributed by atoms with van der Waals surface area (Å²) in [6, 6.07) is -0.985. The van der Waals surface area contributed by atoms with E-state index in [1.165, 1.54) is 6.08 Å². The number of aliphatic hydroxyl groups is 11. The Labute approximate surface area is 339 Å². The molecule has 0 aromatic rings. The Balaban J connectivity index is 1.64. The normalized spacial score (nSPS) is 37.2. The molecule has 3 fully saturated rings. The van der Waals surface area contributed by atoms with Crippen LogP contribution in [0.2, 0.25) is 0 Å². The zero-order chi connectivity index (χ0) is 42.8. The van der Waals surface area contributed by atoms with Crippen molar-refractivity contribution in [2.24, 2.45) is 0 Å². The first-order chi connectivity index (χ1) is 27.8. The Morgan fingerprint density at radius 2 is 1.14 bits per heavy atom. The van der Waals surface area contributed by atoms with Crippen LogP contribution in [0.5, 0.6) is 0 Å². The van der Waals surface area contributed by atoms with Gasteiger partial charge in [-0.1, -0.05) is 62.6 Å². The van der Waals surface area contributed by atoms with Crippen LogP contribution < -0.4 is 5.32 Å². The lowest BCUT2D eigenvalue weighted by molar-refractivity contribution is -0.379. The highest BCUT2D eigenvalue weighted by atomic mass is 16.8. The summed E-state index contributed by atoms with van der Waals surface area (Å²) in [5, 5.41) is 118. The minimum atomic E-state index is -1.98. The van der Waals surface area contributed by atoms with Crippen molar-refractivity contribution in [1.29, 1.82) is 0 Å². The molecule has 336 valence electrons. The summed E-state index contributed by atoms with van der Waals surface area (Å²) in [5.41, 5.74) is 0. The van der Waals surface area contributed by atoms with Crippen molar-refractivity contribution in [2.75, 3.05) is 26.4 Å². The van der Waals surface area contributed by atoms with Crippen LogP contribution in [0.3, 0.4) is 0 Å². The third-order valence-corrected chi connectivity index (χ3v) is 10.3. The second-order valence-corrected chi connectivity index (χ2v) is 14.7. The lowest BCUT2D eigenvalue weighted by atomic mass is 9.96. The molecule has 3 heterocycles. The van der Waals surface area contributed by atoms with Crippen LogP contribution in [0.1, 0.15) is 71.6 Å². The number of allylic oxidation sites excluding steroid dienone is 5. The Kier molecular flexibility index (Phi) is 22.9. The van der Waals surface area contributed by atoms with Crippen molar-refractivity contribution in [1.82, 2.24) is 5.32 Å². The Morgan fingerprint density at radius 3 is 1.69 bits per heavy atom. The molecule has 58 heavy (non-hydrogen) atoms. The fourth-order valence-electron chi connectivity index (χ4n) is 6.75. The summed E-state index contributed by atoms with van der Waals surface area (Å²) < 4.78 is 33.7. The van der Waals surface area contributed by atoms with Gasteiger partial charge in [-0.2, -0.15) is 0 Å². The summed E-state index contributed by atoms with van der Waals surface area (Å²) in [6.07, 6.45) is -8.38. The highest BCUT2D eigenvalue weighted by Gasteiger charge is 2.53. The van der Waals surface area contributed by atoms with Gasteiger partial charge in [0, 0.05) is 6.42 Å². The molecular formula is C39H67NO18. The average molecular weight is 838 g/mol. The molecule has 0 bridgehead atoms. The van der Waals surface area contributed by atoms with E-state index in [2.05, 4.69) is 24.4 Å². The van der Waals surface area contributed by atoms with Gasteiger partial charge in [0.2, 0.25) is 5.91 Å². The molecule has 17 unspecified atom stereocenters. The summed E-state index contributed by atoms with van der Waals surface area (Å²) in [7, 11) is 0. The lowest BCUT2D eigenvalue weighted by Gasteiger charge is -2.48. The number of carbonyl (C=O) groups is 1. The van der Waals surface area contributed by atoms with E-state index >= 15 is 0 Å². The summed E-state index contributed by atoms with van der Waals surface area (Å²) in [4.78, 5) is 12.8. The van der Waals surface area contributed by atoms with E-state index in [-0.39, 0.29) is 18.9 Å². The summed E-state index contributed by atoms with van der Waals surface area (Å²) in [6.45, 7) is 1.22. The molecule has 17 atom stereocenters. The van der Waals surface area contributed by atoms with E-state index < -0.39 is 124 Å². The smallest absolute Gasteiger partial charge is 0.220 e. The number of nitrogens with one attached hydrogen (secondary N) is 1. The van der Waals surface area contributed by atoms with Gasteiger partial charge >= 0.3 is 0 Å². The molecule has 0 saturated carbocycles. The van der Waals surface area contributed by atoms with Gasteiger partial charge in [0.1, 0.15) is 73.2 Å². The number of rotatable bonds is 24. The number of amides is 1. The van der Waals surface area contributed by atoms with Crippen LogP contribution in [0.15, 0.2) is 36.5 Å². The van der Waals surface area contributed by atoms with Crippen molar-refractivity contribution < 1.29 is 89.4 Å². The number of hydrogen-bond acceptors (Lipinski definition) is 18. The number of aliphatic hydroxyl groups excluding tert-OH is 11. The Hall–Kier alpha value is -1.99. The predicted octanol–water partition coefficient (Wildman–Crippen LogP) is -2.48. The number of hydrogen-bond donors (Lipinski definition) is 12. The SMILES string of the molecule is C/C=C/CC/C=C/CC/C=C/C(O)C(COC1OC(CO)C(OC2OC(CO)C(OC3OC(CO)C(O)C(O)C3O)C(O)C2O)C(O)C1O)NC(=O)CCCCCC. The highest BCUT2D eigenvalue weighted by Crippen LogP contribution is 2.32. The fraction of sp³-hybridized carbons (Fsp3) is 0.821. The quantitative estimate of drug-likeness (QED) is 0.0354. The molecule has 3 aliphatic rings. The first-order valence-electron chi connectivity index (χ1n) is 20.2. The lowest BCUT2D eigenvalue weighted by Crippen LogP contribution is -2.66. The van der Waals surface area contributed by atoms with Gasteiger partial charge in [0.15, 0.2) is 18.9 Å². The third-order valence-electron chi connectivity index (χ3n) is 10.3. The maximum atomic E-state index is 12.8. The molecule has 0 aromatic carbocycles. The Morgan fingerprint density at radius 1 is 0.638 bits per heavy atom. The molecule has 19 heteroatoms. The third kappa shape index (κ3) is 14.6. The maximum Gasteiger partial charge on any atom is 0.220 e. The monoisotopic (exact) mass is 837 g/mol. The molecule has 3 aliphatic heterocycles. The molecule has 3 rings (SSSR count). The van der Waals surface area contributed by atoms with Crippen molar-refractivity contribution in [3.8, 4) is 0 Å². The van der Waals surface area contributed by atoms with Gasteiger partial charge in [-0.3, -0.25) is 4.79 Å². The summed E-state index contributed by atoms with van der Waals surface area (Å²) >= 11 is 0. The molecule has 12 N–H and O–H groups in total.